The Morgan fingerprint density at radius 3 is 3.08 bits per heavy atom. The van der Waals surface area contributed by atoms with Crippen LogP contribution in [0.5, 0.6) is 11.5 Å². The topological polar surface area (TPSA) is 41.5 Å². The molecule has 1 aliphatic rings. The Hall–Kier alpha value is -1.38. The van der Waals surface area contributed by atoms with Gasteiger partial charge in [0.15, 0.2) is 0 Å². The molecule has 0 spiro atoms. The summed E-state index contributed by atoms with van der Waals surface area (Å²) < 4.78 is 5.14. The summed E-state index contributed by atoms with van der Waals surface area (Å²) in [6, 6.07) is 3.37. The Labute approximate surface area is 71.0 Å². The number of hydrogen-bond donors (Lipinski definition) is 2. The van der Waals surface area contributed by atoms with Crippen molar-refractivity contribution in [3.63, 3.8) is 0 Å². The van der Waals surface area contributed by atoms with E-state index in [0.29, 0.717) is 0 Å². The maximum atomic E-state index is 9.29. The zero-order chi connectivity index (χ0) is 8.55. The Morgan fingerprint density at radius 2 is 2.33 bits per heavy atom. The molecule has 0 saturated heterocycles. The quantitative estimate of drug-likeness (QED) is 0.660. The number of aromatic hydroxyl groups is 1. The predicted molar refractivity (Wildman–Crippen MR) is 46.9 cm³/mol. The third-order valence-electron chi connectivity index (χ3n) is 2.10. The van der Waals surface area contributed by atoms with Gasteiger partial charge in [0.05, 0.1) is 7.11 Å². The van der Waals surface area contributed by atoms with E-state index in [0.717, 1.165) is 30.0 Å². The summed E-state index contributed by atoms with van der Waals surface area (Å²) in [4.78, 5) is 0. The van der Waals surface area contributed by atoms with Gasteiger partial charge in [-0.15, -0.1) is 0 Å². The van der Waals surface area contributed by atoms with Crippen molar-refractivity contribution in [2.24, 2.45) is 0 Å². The number of fused-ring (bicyclic) bond motifs is 1. The summed E-state index contributed by atoms with van der Waals surface area (Å²) in [5.41, 5.74) is 2.15. The highest BCUT2D eigenvalue weighted by Crippen LogP contribution is 2.34. The number of nitrogens with one attached hydrogen (secondary N) is 1. The number of rotatable bonds is 1. The molecule has 12 heavy (non-hydrogen) atoms. The van der Waals surface area contributed by atoms with E-state index in [-0.39, 0.29) is 5.75 Å². The van der Waals surface area contributed by atoms with Crippen molar-refractivity contribution in [3.05, 3.63) is 17.7 Å². The highest BCUT2D eigenvalue weighted by molar-refractivity contribution is 5.64. The van der Waals surface area contributed by atoms with Gasteiger partial charge in [0.2, 0.25) is 0 Å². The van der Waals surface area contributed by atoms with Crippen LogP contribution in [0.25, 0.3) is 0 Å². The zero-order valence-electron chi connectivity index (χ0n) is 6.92. The van der Waals surface area contributed by atoms with E-state index >= 15 is 0 Å². The van der Waals surface area contributed by atoms with Crippen LogP contribution in [0.15, 0.2) is 12.1 Å². The SMILES string of the molecule is COc1cc(O)cc2c1CCN2. The van der Waals surface area contributed by atoms with E-state index in [4.69, 9.17) is 4.74 Å². The smallest absolute Gasteiger partial charge is 0.127 e. The highest BCUT2D eigenvalue weighted by Gasteiger charge is 2.15. The molecule has 0 bridgehead atoms. The molecule has 64 valence electrons. The van der Waals surface area contributed by atoms with Gasteiger partial charge in [-0.2, -0.15) is 0 Å². The Kier molecular flexibility index (Phi) is 1.57. The maximum absolute atomic E-state index is 9.29. The molecule has 3 nitrogen and oxygen atoms in total. The van der Waals surface area contributed by atoms with Crippen LogP contribution in [-0.2, 0) is 6.42 Å². The van der Waals surface area contributed by atoms with Crippen LogP contribution in [0.1, 0.15) is 5.56 Å². The largest absolute Gasteiger partial charge is 0.508 e. The third-order valence-corrected chi connectivity index (χ3v) is 2.10. The molecular weight excluding hydrogens is 154 g/mol. The lowest BCUT2D eigenvalue weighted by Crippen LogP contribution is -1.90. The summed E-state index contributed by atoms with van der Waals surface area (Å²) in [6.07, 6.45) is 0.971. The molecule has 0 fully saturated rings. The van der Waals surface area contributed by atoms with Gasteiger partial charge in [-0.1, -0.05) is 0 Å². The Morgan fingerprint density at radius 1 is 1.50 bits per heavy atom. The average Bonchev–Trinajstić information content (AvgIpc) is 2.50. The van der Waals surface area contributed by atoms with Gasteiger partial charge in [-0.3, -0.25) is 0 Å². The standard InChI is InChI=1S/C9H11NO2/c1-12-9-5-6(11)4-8-7(9)2-3-10-8/h4-5,10-11H,2-3H2,1H3. The fourth-order valence-electron chi connectivity index (χ4n) is 1.55. The van der Waals surface area contributed by atoms with Crippen LogP contribution >= 0.6 is 0 Å². The summed E-state index contributed by atoms with van der Waals surface area (Å²) in [5.74, 6) is 1.02. The molecule has 1 aromatic rings. The number of anilines is 1. The monoisotopic (exact) mass is 165 g/mol. The Bertz CT molecular complexity index is 310. The first-order valence-corrected chi connectivity index (χ1v) is 3.95. The number of phenolic OH excluding ortho intramolecular Hbond substituents is 1. The lowest BCUT2D eigenvalue weighted by molar-refractivity contribution is 0.404. The van der Waals surface area contributed by atoms with Gasteiger partial charge >= 0.3 is 0 Å². The first-order chi connectivity index (χ1) is 5.81. The minimum Gasteiger partial charge on any atom is -0.508 e. The zero-order valence-corrected chi connectivity index (χ0v) is 6.92. The summed E-state index contributed by atoms with van der Waals surface area (Å²) in [6.45, 7) is 0.926. The van der Waals surface area contributed by atoms with E-state index in [9.17, 15) is 5.11 Å². The fraction of sp³-hybridized carbons (Fsp3) is 0.333. The van der Waals surface area contributed by atoms with Crippen molar-refractivity contribution in [2.45, 2.75) is 6.42 Å². The van der Waals surface area contributed by atoms with E-state index in [1.807, 2.05) is 0 Å². The fourth-order valence-corrected chi connectivity index (χ4v) is 1.55. The predicted octanol–water partition coefficient (Wildman–Crippen LogP) is 1.37. The lowest BCUT2D eigenvalue weighted by atomic mass is 10.1. The third kappa shape index (κ3) is 0.978. The van der Waals surface area contributed by atoms with Gasteiger partial charge < -0.3 is 15.2 Å². The molecule has 0 radical (unpaired) electrons. The summed E-state index contributed by atoms with van der Waals surface area (Å²) in [5, 5.41) is 12.5. The summed E-state index contributed by atoms with van der Waals surface area (Å²) in [7, 11) is 1.62. The molecule has 0 aromatic heterocycles. The molecule has 2 N–H and O–H groups in total. The first-order valence-electron chi connectivity index (χ1n) is 3.95. The number of methoxy groups -OCH3 is 1. The highest BCUT2D eigenvalue weighted by atomic mass is 16.5. The number of phenols is 1. The normalized spacial score (nSPS) is 13.8. The van der Waals surface area contributed by atoms with Gasteiger partial charge in [0, 0.05) is 29.9 Å². The molecule has 0 aliphatic carbocycles. The first kappa shape index (κ1) is 7.28. The number of hydrogen-bond acceptors (Lipinski definition) is 3. The molecule has 1 heterocycles. The van der Waals surface area contributed by atoms with Crippen molar-refractivity contribution in [1.29, 1.82) is 0 Å². The maximum Gasteiger partial charge on any atom is 0.127 e. The molecule has 0 unspecified atom stereocenters. The van der Waals surface area contributed by atoms with E-state index in [2.05, 4.69) is 5.32 Å². The molecular formula is C9H11NO2. The van der Waals surface area contributed by atoms with Crippen LogP contribution in [0.4, 0.5) is 5.69 Å². The van der Waals surface area contributed by atoms with Gasteiger partial charge in [0.25, 0.3) is 0 Å². The number of benzene rings is 1. The van der Waals surface area contributed by atoms with Crippen LogP contribution in [0.2, 0.25) is 0 Å². The van der Waals surface area contributed by atoms with Crippen molar-refractivity contribution in [3.8, 4) is 11.5 Å². The molecule has 3 heteroatoms. The van der Waals surface area contributed by atoms with E-state index < -0.39 is 0 Å². The average molecular weight is 165 g/mol. The minimum absolute atomic E-state index is 0.250. The van der Waals surface area contributed by atoms with Crippen LogP contribution in [0.3, 0.4) is 0 Å². The molecule has 0 amide bonds. The van der Waals surface area contributed by atoms with Gasteiger partial charge in [-0.25, -0.2) is 0 Å². The number of ether oxygens (including phenoxy) is 1. The molecule has 0 saturated carbocycles. The van der Waals surface area contributed by atoms with Crippen molar-refractivity contribution < 1.29 is 9.84 Å². The van der Waals surface area contributed by atoms with E-state index in [1.54, 1.807) is 19.2 Å². The van der Waals surface area contributed by atoms with Gasteiger partial charge in [-0.05, 0) is 6.42 Å². The van der Waals surface area contributed by atoms with E-state index in [1.165, 1.54) is 0 Å². The Balaban J connectivity index is 2.55. The molecule has 2 rings (SSSR count). The molecule has 0 atom stereocenters. The lowest BCUT2D eigenvalue weighted by Gasteiger charge is -2.06. The van der Waals surface area contributed by atoms with Gasteiger partial charge in [0.1, 0.15) is 11.5 Å². The summed E-state index contributed by atoms with van der Waals surface area (Å²) >= 11 is 0. The van der Waals surface area contributed by atoms with Crippen LogP contribution in [0, 0.1) is 0 Å². The van der Waals surface area contributed by atoms with Crippen molar-refractivity contribution in [2.75, 3.05) is 19.0 Å². The second-order valence-corrected chi connectivity index (χ2v) is 2.85. The van der Waals surface area contributed by atoms with Crippen molar-refractivity contribution in [1.82, 2.24) is 0 Å². The van der Waals surface area contributed by atoms with Crippen molar-refractivity contribution >= 4 is 5.69 Å². The minimum atomic E-state index is 0.250. The van der Waals surface area contributed by atoms with Crippen LogP contribution < -0.4 is 10.1 Å². The van der Waals surface area contributed by atoms with Crippen LogP contribution in [-0.4, -0.2) is 18.8 Å². The molecule has 1 aliphatic heterocycles. The second kappa shape index (κ2) is 2.59. The molecule has 1 aromatic carbocycles. The second-order valence-electron chi connectivity index (χ2n) is 2.85.